The minimum absolute atomic E-state index is 0.0905. The van der Waals surface area contributed by atoms with E-state index in [1.54, 1.807) is 16.4 Å². The van der Waals surface area contributed by atoms with Crippen LogP contribution in [0.25, 0.3) is 0 Å². The van der Waals surface area contributed by atoms with Crippen molar-refractivity contribution in [1.29, 1.82) is 0 Å². The van der Waals surface area contributed by atoms with Gasteiger partial charge in [0.15, 0.2) is 0 Å². The van der Waals surface area contributed by atoms with Gasteiger partial charge in [-0.25, -0.2) is 23.5 Å². The van der Waals surface area contributed by atoms with E-state index in [4.69, 9.17) is 0 Å². The van der Waals surface area contributed by atoms with E-state index in [2.05, 4.69) is 24.3 Å². The highest BCUT2D eigenvalue weighted by Crippen LogP contribution is 2.38. The molecule has 2 aliphatic heterocycles. The van der Waals surface area contributed by atoms with Crippen molar-refractivity contribution in [3.8, 4) is 0 Å². The van der Waals surface area contributed by atoms with Crippen LogP contribution >= 0.6 is 0 Å². The van der Waals surface area contributed by atoms with Crippen LogP contribution in [-0.4, -0.2) is 13.9 Å². The molecule has 1 aromatic rings. The van der Waals surface area contributed by atoms with E-state index in [0.717, 1.165) is 25.7 Å². The molecule has 0 aromatic carbocycles. The van der Waals surface area contributed by atoms with Crippen LogP contribution in [0.5, 0.6) is 0 Å². The Morgan fingerprint density at radius 3 is 1.80 bits per heavy atom. The zero-order valence-electron chi connectivity index (χ0n) is 11.5. The summed E-state index contributed by atoms with van der Waals surface area (Å²) in [6, 6.07) is -0.181. The lowest BCUT2D eigenvalue weighted by atomic mass is 9.86. The number of hydrogen-bond acceptors (Lipinski definition) is 2. The monoisotopic (exact) mass is 271 g/mol. The van der Waals surface area contributed by atoms with Gasteiger partial charge in [0, 0.05) is 7.05 Å². The van der Waals surface area contributed by atoms with E-state index in [-0.39, 0.29) is 23.5 Å². The van der Waals surface area contributed by atoms with Crippen LogP contribution in [0, 0.1) is 0 Å². The summed E-state index contributed by atoms with van der Waals surface area (Å²) in [4.78, 5) is 24.8. The van der Waals surface area contributed by atoms with Crippen LogP contribution in [0.1, 0.15) is 37.8 Å². The molecule has 0 radical (unpaired) electrons. The van der Waals surface area contributed by atoms with Gasteiger partial charge < -0.3 is 0 Å². The smallest absolute Gasteiger partial charge is 0.246 e. The highest BCUT2D eigenvalue weighted by atomic mass is 16.2. The summed E-state index contributed by atoms with van der Waals surface area (Å²) >= 11 is 0. The van der Waals surface area contributed by atoms with Crippen molar-refractivity contribution >= 4 is 0 Å². The van der Waals surface area contributed by atoms with Crippen molar-refractivity contribution in [2.24, 2.45) is 7.05 Å². The fourth-order valence-electron chi connectivity index (χ4n) is 3.58. The molecular weight excluding hydrogens is 254 g/mol. The average Bonchev–Trinajstić information content (AvgIpc) is 2.63. The Hall–Kier alpha value is -2.04. The first kappa shape index (κ1) is 11.8. The summed E-state index contributed by atoms with van der Waals surface area (Å²) in [6.45, 7) is 0. The van der Waals surface area contributed by atoms with Gasteiger partial charge in [0.25, 0.3) is 0 Å². The van der Waals surface area contributed by atoms with Gasteiger partial charge in [0.2, 0.25) is 0 Å². The van der Waals surface area contributed by atoms with Crippen LogP contribution in [0.2, 0.25) is 0 Å². The highest BCUT2D eigenvalue weighted by Gasteiger charge is 2.33. The van der Waals surface area contributed by atoms with Gasteiger partial charge in [-0.3, -0.25) is 0 Å². The highest BCUT2D eigenvalue weighted by molar-refractivity contribution is 5.31. The normalized spacial score (nSPS) is 32.5. The summed E-state index contributed by atoms with van der Waals surface area (Å²) < 4.78 is 4.49. The average molecular weight is 271 g/mol. The maximum Gasteiger partial charge on any atom is 0.347 e. The van der Waals surface area contributed by atoms with Crippen LogP contribution in [0.3, 0.4) is 0 Å². The third-order valence-electron chi connectivity index (χ3n) is 4.64. The summed E-state index contributed by atoms with van der Waals surface area (Å²) in [7, 11) is 1.56. The molecule has 5 heteroatoms. The lowest BCUT2D eigenvalue weighted by molar-refractivity contribution is 0.369. The van der Waals surface area contributed by atoms with E-state index in [9.17, 15) is 9.59 Å². The summed E-state index contributed by atoms with van der Waals surface area (Å²) in [5.74, 6) is 0. The van der Waals surface area contributed by atoms with Gasteiger partial charge in [-0.1, -0.05) is 24.3 Å². The van der Waals surface area contributed by atoms with Gasteiger partial charge in [-0.2, -0.15) is 0 Å². The zero-order valence-corrected chi connectivity index (χ0v) is 11.5. The SMILES string of the molecule is Cn1c(=O)n2n(c1=O)[C@H]1C=C[C@@H]2/C2=C\CC/C=C\1CC2. The van der Waals surface area contributed by atoms with E-state index < -0.39 is 0 Å². The maximum atomic E-state index is 12.4. The molecule has 1 aromatic heterocycles. The first-order valence-electron chi connectivity index (χ1n) is 7.14. The number of hydrogen-bond donors (Lipinski definition) is 0. The molecule has 3 heterocycles. The Labute approximate surface area is 116 Å². The molecule has 0 amide bonds. The largest absolute Gasteiger partial charge is 0.347 e. The second-order valence-electron chi connectivity index (χ2n) is 5.72. The van der Waals surface area contributed by atoms with Gasteiger partial charge >= 0.3 is 11.4 Å². The molecule has 0 saturated heterocycles. The molecule has 4 aliphatic rings. The molecule has 20 heavy (non-hydrogen) atoms. The van der Waals surface area contributed by atoms with Crippen molar-refractivity contribution < 1.29 is 0 Å². The molecule has 0 spiro atoms. The lowest BCUT2D eigenvalue weighted by Crippen LogP contribution is -2.38. The fourth-order valence-corrected chi connectivity index (χ4v) is 3.58. The summed E-state index contributed by atoms with van der Waals surface area (Å²) in [5, 5.41) is 0. The third kappa shape index (κ3) is 1.38. The molecule has 0 fully saturated rings. The van der Waals surface area contributed by atoms with Crippen LogP contribution in [0.4, 0.5) is 0 Å². The minimum Gasteiger partial charge on any atom is -0.246 e. The van der Waals surface area contributed by atoms with E-state index >= 15 is 0 Å². The van der Waals surface area contributed by atoms with E-state index in [1.807, 2.05) is 0 Å². The minimum atomic E-state index is -0.220. The standard InChI is InChI=1S/C15H17N3O2/c1-16-14(19)17-12-8-9-13(18(17)15(16)20)11-5-3-2-4-10(12)6-7-11/h4-5,8-9,12-13H,2-3,6-7H2,1H3/b10-4-,11-5-/t12-,13+. The van der Waals surface area contributed by atoms with Crippen LogP contribution in [0.15, 0.2) is 45.0 Å². The summed E-state index contributed by atoms with van der Waals surface area (Å²) in [5.41, 5.74) is 2.07. The molecule has 5 nitrogen and oxygen atoms in total. The zero-order chi connectivity index (χ0) is 13.9. The molecule has 104 valence electrons. The van der Waals surface area contributed by atoms with Crippen LogP contribution in [-0.2, 0) is 7.05 Å². The Kier molecular flexibility index (Phi) is 2.34. The first-order chi connectivity index (χ1) is 9.68. The molecule has 2 atom stereocenters. The lowest BCUT2D eigenvalue weighted by Gasteiger charge is -2.34. The number of nitrogens with zero attached hydrogens (tertiary/aromatic N) is 3. The molecule has 2 aliphatic carbocycles. The van der Waals surface area contributed by atoms with Gasteiger partial charge in [-0.15, -0.1) is 0 Å². The molecule has 5 rings (SSSR count). The van der Waals surface area contributed by atoms with E-state index in [1.165, 1.54) is 15.7 Å². The third-order valence-corrected chi connectivity index (χ3v) is 4.64. The predicted octanol–water partition coefficient (Wildman–Crippen LogP) is 1.44. The quantitative estimate of drug-likeness (QED) is 0.670. The fraction of sp³-hybridized carbons (Fsp3) is 0.467. The second-order valence-corrected chi connectivity index (χ2v) is 5.72. The molecule has 0 saturated carbocycles. The van der Waals surface area contributed by atoms with Gasteiger partial charge in [0.1, 0.15) is 0 Å². The number of allylic oxidation sites excluding steroid dienone is 6. The Morgan fingerprint density at radius 1 is 0.900 bits per heavy atom. The number of aromatic nitrogens is 3. The molecule has 0 N–H and O–H groups in total. The Balaban J connectivity index is 2.12. The van der Waals surface area contributed by atoms with Crippen molar-refractivity contribution in [1.82, 2.24) is 13.9 Å². The topological polar surface area (TPSA) is 48.9 Å². The van der Waals surface area contributed by atoms with Crippen molar-refractivity contribution in [2.75, 3.05) is 0 Å². The predicted molar refractivity (Wildman–Crippen MR) is 75.8 cm³/mol. The van der Waals surface area contributed by atoms with Gasteiger partial charge in [-0.05, 0) is 36.8 Å². The maximum absolute atomic E-state index is 12.4. The van der Waals surface area contributed by atoms with E-state index in [0.29, 0.717) is 0 Å². The Morgan fingerprint density at radius 2 is 1.35 bits per heavy atom. The molecular formula is C15H17N3O2. The van der Waals surface area contributed by atoms with Crippen LogP contribution < -0.4 is 11.4 Å². The van der Waals surface area contributed by atoms with Gasteiger partial charge in [0.05, 0.1) is 12.1 Å². The second kappa shape index (κ2) is 3.98. The van der Waals surface area contributed by atoms with Crippen molar-refractivity contribution in [3.05, 3.63) is 56.4 Å². The summed E-state index contributed by atoms with van der Waals surface area (Å²) in [6.07, 6.45) is 12.6. The van der Waals surface area contributed by atoms with Crippen molar-refractivity contribution in [3.63, 3.8) is 0 Å². The first-order valence-corrected chi connectivity index (χ1v) is 7.14. The number of rotatable bonds is 0. The molecule has 4 bridgehead atoms. The molecule has 0 unspecified atom stereocenters. The Bertz CT molecular complexity index is 722. The van der Waals surface area contributed by atoms with Crippen molar-refractivity contribution in [2.45, 2.75) is 37.8 Å².